The van der Waals surface area contributed by atoms with Gasteiger partial charge in [-0.15, -0.1) is 0 Å². The number of nitrogens with one attached hydrogen (secondary N) is 3. The minimum absolute atomic E-state index is 0.0123. The lowest BCUT2D eigenvalue weighted by Crippen LogP contribution is -2.57. The summed E-state index contributed by atoms with van der Waals surface area (Å²) < 4.78 is 0. The first-order chi connectivity index (χ1) is 8.70. The Labute approximate surface area is 115 Å². The summed E-state index contributed by atoms with van der Waals surface area (Å²) in [6, 6.07) is -0.179. The number of hydrogen-bond donors (Lipinski definition) is 3. The zero-order chi connectivity index (χ0) is 14.7. The van der Waals surface area contributed by atoms with Crippen LogP contribution >= 0.6 is 0 Å². The van der Waals surface area contributed by atoms with Crippen LogP contribution in [0, 0.1) is 10.8 Å². The summed E-state index contributed by atoms with van der Waals surface area (Å²) in [6.07, 6.45) is 2.14. The SMILES string of the molecule is CNC(=O)C(C)(C)CNC(=O)C1NCCCC1(C)C. The highest BCUT2D eigenvalue weighted by Crippen LogP contribution is 2.30. The van der Waals surface area contributed by atoms with E-state index in [0.29, 0.717) is 6.54 Å². The van der Waals surface area contributed by atoms with Crippen molar-refractivity contribution in [3.05, 3.63) is 0 Å². The summed E-state index contributed by atoms with van der Waals surface area (Å²) in [7, 11) is 1.61. The molecule has 1 aliphatic rings. The van der Waals surface area contributed by atoms with Crippen molar-refractivity contribution in [2.24, 2.45) is 10.8 Å². The van der Waals surface area contributed by atoms with Crippen LogP contribution in [0.25, 0.3) is 0 Å². The van der Waals surface area contributed by atoms with Gasteiger partial charge >= 0.3 is 0 Å². The van der Waals surface area contributed by atoms with Gasteiger partial charge in [0.15, 0.2) is 0 Å². The Hall–Kier alpha value is -1.10. The van der Waals surface area contributed by atoms with Crippen molar-refractivity contribution in [3.8, 4) is 0 Å². The maximum atomic E-state index is 12.3. The van der Waals surface area contributed by atoms with Crippen LogP contribution in [0.2, 0.25) is 0 Å². The van der Waals surface area contributed by atoms with Crippen molar-refractivity contribution in [1.29, 1.82) is 0 Å². The van der Waals surface area contributed by atoms with E-state index in [0.717, 1.165) is 19.4 Å². The molecule has 110 valence electrons. The van der Waals surface area contributed by atoms with Crippen molar-refractivity contribution in [2.45, 2.75) is 46.6 Å². The van der Waals surface area contributed by atoms with E-state index in [2.05, 4.69) is 29.8 Å². The third kappa shape index (κ3) is 3.93. The molecule has 1 atom stereocenters. The first kappa shape index (κ1) is 16.0. The van der Waals surface area contributed by atoms with E-state index in [-0.39, 0.29) is 23.3 Å². The lowest BCUT2D eigenvalue weighted by atomic mass is 9.77. The first-order valence-electron chi connectivity index (χ1n) is 6.94. The van der Waals surface area contributed by atoms with E-state index in [1.54, 1.807) is 7.05 Å². The molecule has 0 saturated carbocycles. The van der Waals surface area contributed by atoms with Gasteiger partial charge in [-0.1, -0.05) is 13.8 Å². The maximum absolute atomic E-state index is 12.3. The number of carbonyl (C=O) groups excluding carboxylic acids is 2. The summed E-state index contributed by atoms with van der Waals surface area (Å²) in [6.45, 7) is 9.08. The van der Waals surface area contributed by atoms with Crippen molar-refractivity contribution in [3.63, 3.8) is 0 Å². The predicted molar refractivity (Wildman–Crippen MR) is 75.7 cm³/mol. The number of amides is 2. The van der Waals surface area contributed by atoms with Crippen molar-refractivity contribution < 1.29 is 9.59 Å². The Morgan fingerprint density at radius 3 is 2.53 bits per heavy atom. The number of piperidine rings is 1. The van der Waals surface area contributed by atoms with Gasteiger partial charge in [-0.25, -0.2) is 0 Å². The lowest BCUT2D eigenvalue weighted by molar-refractivity contribution is -0.130. The Bertz CT molecular complexity index is 351. The van der Waals surface area contributed by atoms with Gasteiger partial charge < -0.3 is 16.0 Å². The molecule has 0 spiro atoms. The summed E-state index contributed by atoms with van der Waals surface area (Å²) >= 11 is 0. The van der Waals surface area contributed by atoms with Crippen LogP contribution in [0.5, 0.6) is 0 Å². The smallest absolute Gasteiger partial charge is 0.237 e. The van der Waals surface area contributed by atoms with E-state index >= 15 is 0 Å². The Balaban J connectivity index is 2.58. The quantitative estimate of drug-likeness (QED) is 0.702. The molecule has 0 bridgehead atoms. The van der Waals surface area contributed by atoms with Crippen LogP contribution < -0.4 is 16.0 Å². The second-order valence-electron chi connectivity index (χ2n) is 6.66. The molecule has 1 saturated heterocycles. The van der Waals surface area contributed by atoms with Gasteiger partial charge in [-0.3, -0.25) is 9.59 Å². The molecule has 0 aromatic rings. The molecule has 2 amide bonds. The van der Waals surface area contributed by atoms with E-state index in [1.165, 1.54) is 0 Å². The standard InChI is InChI=1S/C14H27N3O2/c1-13(2)7-6-8-16-10(13)11(18)17-9-14(3,4)12(19)15-5/h10,16H,6-9H2,1-5H3,(H,15,19)(H,17,18). The van der Waals surface area contributed by atoms with Gasteiger partial charge in [0.2, 0.25) is 11.8 Å². The van der Waals surface area contributed by atoms with E-state index in [9.17, 15) is 9.59 Å². The minimum Gasteiger partial charge on any atom is -0.359 e. The van der Waals surface area contributed by atoms with Gasteiger partial charge in [-0.05, 0) is 38.6 Å². The van der Waals surface area contributed by atoms with Crippen LogP contribution in [0.4, 0.5) is 0 Å². The van der Waals surface area contributed by atoms with Gasteiger partial charge in [-0.2, -0.15) is 0 Å². The molecule has 1 rings (SSSR count). The van der Waals surface area contributed by atoms with Crippen molar-refractivity contribution >= 4 is 11.8 Å². The van der Waals surface area contributed by atoms with E-state index < -0.39 is 5.41 Å². The largest absolute Gasteiger partial charge is 0.359 e. The fraction of sp³-hybridized carbons (Fsp3) is 0.857. The number of rotatable bonds is 4. The molecule has 1 heterocycles. The van der Waals surface area contributed by atoms with E-state index in [1.807, 2.05) is 13.8 Å². The average molecular weight is 269 g/mol. The second-order valence-corrected chi connectivity index (χ2v) is 6.66. The highest BCUT2D eigenvalue weighted by atomic mass is 16.2. The topological polar surface area (TPSA) is 70.2 Å². The number of carbonyl (C=O) groups is 2. The molecule has 5 nitrogen and oxygen atoms in total. The molecule has 3 N–H and O–H groups in total. The second kappa shape index (κ2) is 5.90. The summed E-state index contributed by atoms with van der Waals surface area (Å²) in [5, 5.41) is 8.80. The monoisotopic (exact) mass is 269 g/mol. The summed E-state index contributed by atoms with van der Waals surface area (Å²) in [5.41, 5.74) is -0.636. The van der Waals surface area contributed by atoms with Crippen LogP contribution in [0.3, 0.4) is 0 Å². The zero-order valence-corrected chi connectivity index (χ0v) is 12.7. The first-order valence-corrected chi connectivity index (χ1v) is 6.94. The van der Waals surface area contributed by atoms with Crippen molar-refractivity contribution in [1.82, 2.24) is 16.0 Å². The van der Waals surface area contributed by atoms with Crippen molar-refractivity contribution in [2.75, 3.05) is 20.1 Å². The Morgan fingerprint density at radius 2 is 2.00 bits per heavy atom. The number of hydrogen-bond acceptors (Lipinski definition) is 3. The van der Waals surface area contributed by atoms with Gasteiger partial charge in [0, 0.05) is 13.6 Å². The van der Waals surface area contributed by atoms with Crippen LogP contribution in [0.1, 0.15) is 40.5 Å². The summed E-state index contributed by atoms with van der Waals surface area (Å²) in [4.78, 5) is 23.9. The van der Waals surface area contributed by atoms with Crippen LogP contribution in [-0.2, 0) is 9.59 Å². The minimum atomic E-state index is -0.594. The molecule has 0 radical (unpaired) electrons. The maximum Gasteiger partial charge on any atom is 0.237 e. The molecule has 0 aliphatic carbocycles. The average Bonchev–Trinajstić information content (AvgIpc) is 2.34. The van der Waals surface area contributed by atoms with Gasteiger partial charge in [0.25, 0.3) is 0 Å². The summed E-state index contributed by atoms with van der Waals surface area (Å²) in [5.74, 6) is -0.0784. The highest BCUT2D eigenvalue weighted by Gasteiger charge is 2.38. The third-order valence-corrected chi connectivity index (χ3v) is 3.94. The molecular formula is C14H27N3O2. The third-order valence-electron chi connectivity index (χ3n) is 3.94. The predicted octanol–water partition coefficient (Wildman–Crippen LogP) is 0.653. The molecule has 19 heavy (non-hydrogen) atoms. The molecule has 1 fully saturated rings. The fourth-order valence-corrected chi connectivity index (χ4v) is 2.49. The molecule has 5 heteroatoms. The molecule has 1 unspecified atom stereocenters. The molecular weight excluding hydrogens is 242 g/mol. The lowest BCUT2D eigenvalue weighted by Gasteiger charge is -2.38. The van der Waals surface area contributed by atoms with E-state index in [4.69, 9.17) is 0 Å². The normalized spacial score (nSPS) is 22.7. The molecule has 0 aromatic heterocycles. The molecule has 0 aromatic carbocycles. The zero-order valence-electron chi connectivity index (χ0n) is 12.7. The highest BCUT2D eigenvalue weighted by molar-refractivity contribution is 5.85. The Morgan fingerprint density at radius 1 is 1.37 bits per heavy atom. The Kier molecular flexibility index (Phi) is 4.96. The fourth-order valence-electron chi connectivity index (χ4n) is 2.49. The van der Waals surface area contributed by atoms with Gasteiger partial charge in [0.1, 0.15) is 0 Å². The van der Waals surface area contributed by atoms with Crippen LogP contribution in [-0.4, -0.2) is 38.0 Å². The van der Waals surface area contributed by atoms with Crippen LogP contribution in [0.15, 0.2) is 0 Å². The van der Waals surface area contributed by atoms with Gasteiger partial charge in [0.05, 0.1) is 11.5 Å². The molecule has 1 aliphatic heterocycles.